The van der Waals surface area contributed by atoms with Crippen molar-refractivity contribution in [2.24, 2.45) is 5.16 Å². The van der Waals surface area contributed by atoms with Gasteiger partial charge in [0.15, 0.2) is 22.7 Å². The number of nitrogens with one attached hydrogen (secondary N) is 1. The number of benzene rings is 2. The zero-order valence-electron chi connectivity index (χ0n) is 23.5. The molecule has 3 aromatic rings. The second-order valence-electron chi connectivity index (χ2n) is 9.71. The molecule has 2 aromatic carbocycles. The molecule has 3 N–H and O–H groups in total. The SMILES string of the molecule is CO/N=C(\C(=O)N[C@@H]1C(=O)N2C(C(=O)OC(c3ccccc3)c3ccccc3)=C(OS(=O)(=O)C(F)(F)F)CC[C@H]12)c1nsc(N)n1. The maximum atomic E-state index is 13.8. The van der Waals surface area contributed by atoms with Crippen molar-refractivity contribution in [1.82, 2.24) is 19.6 Å². The molecule has 1 saturated heterocycles. The minimum Gasteiger partial charge on any atom is -0.448 e. The molecular weight excluding hydrogens is 657 g/mol. The van der Waals surface area contributed by atoms with Crippen LogP contribution in [0.5, 0.6) is 0 Å². The summed E-state index contributed by atoms with van der Waals surface area (Å²) in [6, 6.07) is 14.3. The lowest BCUT2D eigenvalue weighted by atomic mass is 9.85. The zero-order valence-corrected chi connectivity index (χ0v) is 25.1. The molecule has 14 nitrogen and oxygen atoms in total. The van der Waals surface area contributed by atoms with E-state index in [1.54, 1.807) is 60.7 Å². The van der Waals surface area contributed by atoms with Crippen LogP contribution in [0.2, 0.25) is 0 Å². The van der Waals surface area contributed by atoms with Crippen LogP contribution in [-0.4, -0.2) is 70.9 Å². The topological polar surface area (TPSA) is 192 Å². The number of β-lactam (4-membered cyclic amide) rings is 1. The van der Waals surface area contributed by atoms with E-state index in [0.29, 0.717) is 11.1 Å². The van der Waals surface area contributed by atoms with Crippen LogP contribution in [-0.2, 0) is 38.3 Å². The van der Waals surface area contributed by atoms with Crippen LogP contribution in [0.25, 0.3) is 0 Å². The van der Waals surface area contributed by atoms with Crippen molar-refractivity contribution < 1.29 is 49.7 Å². The van der Waals surface area contributed by atoms with E-state index in [9.17, 15) is 36.0 Å². The number of hydrogen-bond acceptors (Lipinski definition) is 13. The van der Waals surface area contributed by atoms with E-state index in [4.69, 9.17) is 10.5 Å². The lowest BCUT2D eigenvalue weighted by Crippen LogP contribution is -2.72. The Hall–Kier alpha value is -5.04. The second kappa shape index (κ2) is 12.8. The van der Waals surface area contributed by atoms with E-state index < -0.39 is 75.2 Å². The van der Waals surface area contributed by atoms with Crippen molar-refractivity contribution in [2.75, 3.05) is 12.8 Å². The number of hydrogen-bond donors (Lipinski definition) is 2. The summed E-state index contributed by atoms with van der Waals surface area (Å²) < 4.78 is 77.9. The van der Waals surface area contributed by atoms with Crippen molar-refractivity contribution in [3.63, 3.8) is 0 Å². The number of nitrogens with two attached hydrogens (primary N) is 1. The molecule has 46 heavy (non-hydrogen) atoms. The number of aromatic nitrogens is 2. The third kappa shape index (κ3) is 6.36. The lowest BCUT2D eigenvalue weighted by molar-refractivity contribution is -0.159. The standard InChI is InChI=1S/C27H23F3N6O8S2/c1-42-34-19(22-33-26(31)45-35-22)23(37)32-18-16-12-13-17(44-46(40,41)27(28,29)30)20(36(16)24(18)38)25(39)43-21(14-8-4-2-5-9-14)15-10-6-3-7-11-15/h2-11,16,18,21H,12-13H2,1H3,(H,32,37)(H2,31,33,35)/b34-19-/t16-,18+/m1/s1. The van der Waals surface area contributed by atoms with Crippen LogP contribution in [0.3, 0.4) is 0 Å². The molecule has 19 heteroatoms. The number of alkyl halides is 3. The average molecular weight is 681 g/mol. The molecule has 0 unspecified atom stereocenters. The van der Waals surface area contributed by atoms with Gasteiger partial charge < -0.3 is 24.8 Å². The van der Waals surface area contributed by atoms with Crippen molar-refractivity contribution >= 4 is 50.3 Å². The van der Waals surface area contributed by atoms with Gasteiger partial charge in [0, 0.05) is 18.0 Å². The normalized spacial score (nSPS) is 18.5. The first-order valence-electron chi connectivity index (χ1n) is 13.2. The average Bonchev–Trinajstić information content (AvgIpc) is 3.46. The highest BCUT2D eigenvalue weighted by atomic mass is 32.2. The third-order valence-corrected chi connectivity index (χ3v) is 8.38. The van der Waals surface area contributed by atoms with Crippen molar-refractivity contribution in [3.05, 3.63) is 89.1 Å². The van der Waals surface area contributed by atoms with Gasteiger partial charge in [0.1, 0.15) is 13.2 Å². The minimum atomic E-state index is -6.24. The predicted octanol–water partition coefficient (Wildman–Crippen LogP) is 2.37. The van der Waals surface area contributed by atoms with Gasteiger partial charge >= 0.3 is 21.6 Å². The van der Waals surface area contributed by atoms with Crippen LogP contribution in [0.4, 0.5) is 18.3 Å². The van der Waals surface area contributed by atoms with Gasteiger partial charge in [-0.25, -0.2) is 4.79 Å². The smallest absolute Gasteiger partial charge is 0.448 e. The molecule has 0 aliphatic carbocycles. The number of nitrogens with zero attached hydrogens (tertiary/aromatic N) is 4. The van der Waals surface area contributed by atoms with Gasteiger partial charge in [0.05, 0.1) is 6.04 Å². The molecule has 0 spiro atoms. The Kier molecular flexibility index (Phi) is 8.97. The largest absolute Gasteiger partial charge is 0.534 e. The summed E-state index contributed by atoms with van der Waals surface area (Å²) >= 11 is 0.769. The highest BCUT2D eigenvalue weighted by Gasteiger charge is 2.57. The monoisotopic (exact) mass is 680 g/mol. The number of anilines is 1. The van der Waals surface area contributed by atoms with E-state index in [1.807, 2.05) is 0 Å². The highest BCUT2D eigenvalue weighted by molar-refractivity contribution is 7.87. The number of carbonyl (C=O) groups excluding carboxylic acids is 3. The first kappa shape index (κ1) is 32.4. The summed E-state index contributed by atoms with van der Waals surface area (Å²) in [6.07, 6.45) is -1.85. The molecule has 1 aromatic heterocycles. The van der Waals surface area contributed by atoms with Crippen molar-refractivity contribution in [3.8, 4) is 0 Å². The zero-order chi connectivity index (χ0) is 33.2. The third-order valence-electron chi connectivity index (χ3n) is 6.85. The lowest BCUT2D eigenvalue weighted by Gasteiger charge is -2.49. The predicted molar refractivity (Wildman–Crippen MR) is 154 cm³/mol. The Balaban J connectivity index is 1.48. The van der Waals surface area contributed by atoms with Crippen molar-refractivity contribution in [2.45, 2.75) is 36.5 Å². The molecule has 0 bridgehead atoms. The molecular formula is C27H23F3N6O8S2. The molecule has 2 amide bonds. The van der Waals surface area contributed by atoms with Gasteiger partial charge in [-0.15, -0.1) is 0 Å². The van der Waals surface area contributed by atoms with Gasteiger partial charge in [-0.1, -0.05) is 65.8 Å². The van der Waals surface area contributed by atoms with E-state index in [-0.39, 0.29) is 17.4 Å². The molecule has 242 valence electrons. The van der Waals surface area contributed by atoms with E-state index in [2.05, 4.69) is 28.9 Å². The molecule has 5 rings (SSSR count). The summed E-state index contributed by atoms with van der Waals surface area (Å²) in [7, 11) is -5.09. The minimum absolute atomic E-state index is 0.0173. The van der Waals surface area contributed by atoms with E-state index >= 15 is 0 Å². The molecule has 2 aliphatic rings. The fraction of sp³-hybridized carbons (Fsp3) is 0.259. The molecule has 2 atom stereocenters. The summed E-state index contributed by atoms with van der Waals surface area (Å²) in [4.78, 5) is 49.5. The fourth-order valence-electron chi connectivity index (χ4n) is 4.84. The van der Waals surface area contributed by atoms with Gasteiger partial charge in [-0.3, -0.25) is 14.5 Å². The maximum Gasteiger partial charge on any atom is 0.534 e. The summed E-state index contributed by atoms with van der Waals surface area (Å²) in [5.41, 5.74) is -0.584. The number of ether oxygens (including phenoxy) is 1. The Morgan fingerprint density at radius 2 is 1.72 bits per heavy atom. The number of halogens is 3. The Morgan fingerprint density at radius 3 is 2.24 bits per heavy atom. The van der Waals surface area contributed by atoms with Crippen LogP contribution < -0.4 is 11.1 Å². The van der Waals surface area contributed by atoms with E-state index in [0.717, 1.165) is 23.5 Å². The number of fused-ring (bicyclic) bond motifs is 1. The van der Waals surface area contributed by atoms with Gasteiger partial charge in [-0.2, -0.15) is 30.9 Å². The quantitative estimate of drug-likeness (QED) is 0.0798. The molecule has 2 aliphatic heterocycles. The number of allylic oxidation sites excluding steroid dienone is 1. The second-order valence-corrected chi connectivity index (χ2v) is 12.0. The molecule has 3 heterocycles. The number of oxime groups is 1. The molecule has 0 radical (unpaired) electrons. The summed E-state index contributed by atoms with van der Waals surface area (Å²) in [6.45, 7) is 0. The number of rotatable bonds is 10. The Bertz CT molecular complexity index is 1780. The molecule has 0 saturated carbocycles. The maximum absolute atomic E-state index is 13.8. The fourth-order valence-corrected chi connectivity index (χ4v) is 5.80. The number of esters is 1. The van der Waals surface area contributed by atoms with Crippen molar-refractivity contribution in [1.29, 1.82) is 0 Å². The molecule has 1 fully saturated rings. The summed E-state index contributed by atoms with van der Waals surface area (Å²) in [5.74, 6) is -4.40. The van der Waals surface area contributed by atoms with Gasteiger partial charge in [0.25, 0.3) is 11.8 Å². The van der Waals surface area contributed by atoms with Crippen LogP contribution in [0.15, 0.2) is 77.3 Å². The van der Waals surface area contributed by atoms with Crippen LogP contribution in [0, 0.1) is 0 Å². The first-order chi connectivity index (χ1) is 21.8. The summed E-state index contributed by atoms with van der Waals surface area (Å²) in [5, 5.41) is 6.03. The first-order valence-corrected chi connectivity index (χ1v) is 15.4. The van der Waals surface area contributed by atoms with Gasteiger partial charge in [0.2, 0.25) is 11.5 Å². The number of nitrogen functional groups attached to an aromatic ring is 1. The van der Waals surface area contributed by atoms with Crippen LogP contribution in [0.1, 0.15) is 35.9 Å². The van der Waals surface area contributed by atoms with Crippen LogP contribution >= 0.6 is 11.5 Å². The van der Waals surface area contributed by atoms with E-state index in [1.165, 1.54) is 0 Å². The Labute approximate surface area is 262 Å². The Morgan fingerprint density at radius 1 is 1.11 bits per heavy atom. The number of amides is 2. The number of carbonyl (C=O) groups is 3. The van der Waals surface area contributed by atoms with Gasteiger partial charge in [-0.05, 0) is 17.5 Å². The highest BCUT2D eigenvalue weighted by Crippen LogP contribution is 2.41.